The van der Waals surface area contributed by atoms with Crippen LogP contribution in [0.25, 0.3) is 0 Å². The highest BCUT2D eigenvalue weighted by molar-refractivity contribution is 7.90. The molecule has 0 saturated heterocycles. The quantitative estimate of drug-likeness (QED) is 0.306. The Morgan fingerprint density at radius 3 is 2.16 bits per heavy atom. The van der Waals surface area contributed by atoms with Gasteiger partial charge in [-0.1, -0.05) is 35.3 Å². The molecule has 0 aromatic heterocycles. The highest BCUT2D eigenvalue weighted by atomic mass is 35.5. The monoisotopic (exact) mass is 588 g/mol. The molecule has 0 unspecified atom stereocenters. The number of hydrogen-bond donors (Lipinski definition) is 1. The largest absolute Gasteiger partial charge is 0.486 e. The van der Waals surface area contributed by atoms with Crippen LogP contribution in [0.4, 0.5) is 13.2 Å². The van der Waals surface area contributed by atoms with Gasteiger partial charge in [0.05, 0.1) is 26.3 Å². The minimum Gasteiger partial charge on any atom is -0.486 e. The number of carboxylic acid groups (broad SMARTS) is 1. The van der Waals surface area contributed by atoms with Crippen LogP contribution in [-0.2, 0) is 46.0 Å². The minimum atomic E-state index is -4.45. The summed E-state index contributed by atoms with van der Waals surface area (Å²) < 4.78 is 75.8. The second kappa shape index (κ2) is 11.0. The lowest BCUT2D eigenvalue weighted by molar-refractivity contribution is -0.139. The maximum absolute atomic E-state index is 13.3. The standard InChI is InChI=1S/C26H21Cl2F3O6S/c27-20-10-16(11-21(28)25(20)37-12-15-4-6-17(7-5-15)26(29,30)31)14-38(34,35)23-9-8-22(36-13-24(32)33)18-2-1-3-19(18)23/h4-11H,1-3,12-14H2,(H,32,33). The summed E-state index contributed by atoms with van der Waals surface area (Å²) in [5.74, 6) is -1.09. The smallest absolute Gasteiger partial charge is 0.416 e. The maximum Gasteiger partial charge on any atom is 0.416 e. The zero-order valence-corrected chi connectivity index (χ0v) is 22.0. The molecule has 1 N–H and O–H groups in total. The van der Waals surface area contributed by atoms with Crippen molar-refractivity contribution in [2.24, 2.45) is 0 Å². The van der Waals surface area contributed by atoms with Gasteiger partial charge < -0.3 is 14.6 Å². The van der Waals surface area contributed by atoms with Gasteiger partial charge in [-0.05, 0) is 77.9 Å². The molecule has 0 amide bonds. The summed E-state index contributed by atoms with van der Waals surface area (Å²) in [6, 6.07) is 10.2. The first-order valence-corrected chi connectivity index (χ1v) is 13.7. The van der Waals surface area contributed by atoms with E-state index in [-0.39, 0.29) is 27.3 Å². The van der Waals surface area contributed by atoms with Crippen molar-refractivity contribution >= 4 is 39.0 Å². The van der Waals surface area contributed by atoms with Crippen molar-refractivity contribution in [1.29, 1.82) is 0 Å². The molecule has 38 heavy (non-hydrogen) atoms. The van der Waals surface area contributed by atoms with E-state index < -0.39 is 39.9 Å². The number of carbonyl (C=O) groups is 1. The third-order valence-electron chi connectivity index (χ3n) is 5.96. The molecular formula is C26H21Cl2F3O6S. The number of sulfone groups is 1. The molecule has 0 atom stereocenters. The molecule has 4 rings (SSSR count). The van der Waals surface area contributed by atoms with E-state index in [0.29, 0.717) is 47.3 Å². The molecule has 0 radical (unpaired) electrons. The number of alkyl halides is 3. The number of fused-ring (bicyclic) bond motifs is 1. The number of rotatable bonds is 9. The first kappa shape index (κ1) is 28.1. The molecule has 6 nitrogen and oxygen atoms in total. The predicted octanol–water partition coefficient (Wildman–Crippen LogP) is 6.52. The summed E-state index contributed by atoms with van der Waals surface area (Å²) in [6.07, 6.45) is -2.63. The average Bonchev–Trinajstić information content (AvgIpc) is 3.31. The van der Waals surface area contributed by atoms with Gasteiger partial charge in [-0.2, -0.15) is 13.2 Å². The van der Waals surface area contributed by atoms with Crippen LogP contribution in [0.2, 0.25) is 10.0 Å². The topological polar surface area (TPSA) is 89.9 Å². The van der Waals surface area contributed by atoms with Crippen LogP contribution in [0.1, 0.15) is 34.2 Å². The molecule has 3 aromatic rings. The highest BCUT2D eigenvalue weighted by Gasteiger charge is 2.30. The zero-order valence-electron chi connectivity index (χ0n) is 19.6. The van der Waals surface area contributed by atoms with E-state index in [2.05, 4.69) is 0 Å². The van der Waals surface area contributed by atoms with Gasteiger partial charge in [0.1, 0.15) is 12.4 Å². The molecule has 3 aromatic carbocycles. The van der Waals surface area contributed by atoms with Gasteiger partial charge in [0.25, 0.3) is 0 Å². The van der Waals surface area contributed by atoms with Crippen LogP contribution in [0.3, 0.4) is 0 Å². The fourth-order valence-corrected chi connectivity index (χ4v) is 6.56. The van der Waals surface area contributed by atoms with Crippen molar-refractivity contribution in [3.63, 3.8) is 0 Å². The molecule has 0 aliphatic heterocycles. The van der Waals surface area contributed by atoms with E-state index in [1.165, 1.54) is 36.4 Å². The Bertz CT molecular complexity index is 1450. The molecule has 0 fully saturated rings. The lowest BCUT2D eigenvalue weighted by Crippen LogP contribution is -2.12. The number of hydrogen-bond acceptors (Lipinski definition) is 5. The van der Waals surface area contributed by atoms with Gasteiger partial charge >= 0.3 is 12.1 Å². The minimum absolute atomic E-state index is 0.0530. The van der Waals surface area contributed by atoms with E-state index in [1.54, 1.807) is 0 Å². The summed E-state index contributed by atoms with van der Waals surface area (Å²) in [5.41, 5.74) is 1.30. The van der Waals surface area contributed by atoms with E-state index in [9.17, 15) is 26.4 Å². The third kappa shape index (κ3) is 6.36. The van der Waals surface area contributed by atoms with Crippen molar-refractivity contribution in [3.8, 4) is 11.5 Å². The van der Waals surface area contributed by atoms with Crippen LogP contribution in [0, 0.1) is 0 Å². The number of halogens is 5. The van der Waals surface area contributed by atoms with E-state index in [4.69, 9.17) is 37.8 Å². The Morgan fingerprint density at radius 2 is 1.55 bits per heavy atom. The fraction of sp³-hybridized carbons (Fsp3) is 0.269. The van der Waals surface area contributed by atoms with Crippen molar-refractivity contribution in [2.45, 2.75) is 42.7 Å². The Balaban J connectivity index is 1.51. The zero-order chi connectivity index (χ0) is 27.7. The Kier molecular flexibility index (Phi) is 8.15. The second-order valence-electron chi connectivity index (χ2n) is 8.69. The number of benzene rings is 3. The van der Waals surface area contributed by atoms with Gasteiger partial charge in [0.2, 0.25) is 0 Å². The number of carboxylic acids is 1. The van der Waals surface area contributed by atoms with Crippen molar-refractivity contribution < 1.29 is 41.0 Å². The summed E-state index contributed by atoms with van der Waals surface area (Å²) in [4.78, 5) is 11.0. The molecule has 0 bridgehead atoms. The molecule has 1 aliphatic rings. The van der Waals surface area contributed by atoms with Crippen molar-refractivity contribution in [1.82, 2.24) is 0 Å². The van der Waals surface area contributed by atoms with Gasteiger partial charge in [-0.3, -0.25) is 0 Å². The molecule has 202 valence electrons. The molecule has 12 heteroatoms. The fourth-order valence-electron chi connectivity index (χ4n) is 4.28. The second-order valence-corrected chi connectivity index (χ2v) is 11.5. The first-order chi connectivity index (χ1) is 17.8. The van der Waals surface area contributed by atoms with E-state index >= 15 is 0 Å². The van der Waals surface area contributed by atoms with Crippen LogP contribution in [-0.4, -0.2) is 26.1 Å². The molecule has 1 aliphatic carbocycles. The summed E-state index contributed by atoms with van der Waals surface area (Å²) in [7, 11) is -3.83. The first-order valence-electron chi connectivity index (χ1n) is 11.3. The highest BCUT2D eigenvalue weighted by Crippen LogP contribution is 2.39. The van der Waals surface area contributed by atoms with Crippen LogP contribution in [0.5, 0.6) is 11.5 Å². The summed E-state index contributed by atoms with van der Waals surface area (Å²) >= 11 is 12.6. The molecule has 0 heterocycles. The van der Waals surface area contributed by atoms with Gasteiger partial charge in [-0.15, -0.1) is 0 Å². The summed E-state index contributed by atoms with van der Waals surface area (Å²) in [5, 5.41) is 8.98. The predicted molar refractivity (Wildman–Crippen MR) is 135 cm³/mol. The van der Waals surface area contributed by atoms with Crippen LogP contribution in [0.15, 0.2) is 53.4 Å². The Labute approximate surface area is 226 Å². The number of aliphatic carboxylic acids is 1. The Morgan fingerprint density at radius 1 is 0.921 bits per heavy atom. The molecule has 0 spiro atoms. The Hall–Kier alpha value is -2.95. The van der Waals surface area contributed by atoms with Crippen LogP contribution < -0.4 is 9.47 Å². The number of ether oxygens (including phenoxy) is 2. The molecular weight excluding hydrogens is 568 g/mol. The van der Waals surface area contributed by atoms with Crippen molar-refractivity contribution in [3.05, 3.63) is 86.4 Å². The van der Waals surface area contributed by atoms with Gasteiger partial charge in [0, 0.05) is 0 Å². The molecule has 0 saturated carbocycles. The lowest BCUT2D eigenvalue weighted by Gasteiger charge is -2.15. The van der Waals surface area contributed by atoms with Gasteiger partial charge in [-0.25, -0.2) is 13.2 Å². The SMILES string of the molecule is O=C(O)COc1ccc(S(=O)(=O)Cc2cc(Cl)c(OCc3ccc(C(F)(F)F)cc3)c(Cl)c2)c2c1CCC2. The van der Waals surface area contributed by atoms with E-state index in [1.807, 2.05) is 0 Å². The van der Waals surface area contributed by atoms with Crippen LogP contribution >= 0.6 is 23.2 Å². The van der Waals surface area contributed by atoms with Gasteiger partial charge in [0.15, 0.2) is 22.2 Å². The lowest BCUT2D eigenvalue weighted by atomic mass is 10.1. The maximum atomic E-state index is 13.3. The van der Waals surface area contributed by atoms with E-state index in [0.717, 1.165) is 12.1 Å². The van der Waals surface area contributed by atoms with Crippen molar-refractivity contribution in [2.75, 3.05) is 6.61 Å². The summed E-state index contributed by atoms with van der Waals surface area (Å²) in [6.45, 7) is -0.625. The third-order valence-corrected chi connectivity index (χ3v) is 8.29. The normalized spacial score (nSPS) is 13.3. The average molecular weight is 589 g/mol.